The largest absolute Gasteiger partial charge is 0.324 e. The molecule has 33 heavy (non-hydrogen) atoms. The van der Waals surface area contributed by atoms with Crippen molar-refractivity contribution < 1.29 is 4.79 Å². The lowest BCUT2D eigenvalue weighted by Crippen LogP contribution is -2.20. The first kappa shape index (κ1) is 20.7. The zero-order chi connectivity index (χ0) is 22.9. The Labute approximate surface area is 193 Å². The van der Waals surface area contributed by atoms with Gasteiger partial charge in [-0.1, -0.05) is 77.4 Å². The van der Waals surface area contributed by atoms with E-state index in [1.54, 1.807) is 6.07 Å². The van der Waals surface area contributed by atoms with Crippen molar-refractivity contribution in [1.82, 2.24) is 14.8 Å². The van der Waals surface area contributed by atoms with Gasteiger partial charge in [0.1, 0.15) is 6.04 Å². The molecule has 6 nitrogen and oxygen atoms in total. The summed E-state index contributed by atoms with van der Waals surface area (Å²) in [4.78, 5) is 17.3. The minimum Gasteiger partial charge on any atom is -0.324 e. The molecule has 1 aliphatic heterocycles. The molecule has 1 unspecified atom stereocenters. The first-order chi connectivity index (χ1) is 16.0. The topological polar surface area (TPSA) is 71.8 Å². The summed E-state index contributed by atoms with van der Waals surface area (Å²) in [5.41, 5.74) is 7.11. The Hall–Kier alpha value is -4.19. The van der Waals surface area contributed by atoms with E-state index in [-0.39, 0.29) is 17.9 Å². The number of aromatic nitrogens is 3. The number of allylic oxidation sites excluding steroid dienone is 1. The maximum Gasteiger partial charge on any atom is 0.258 e. The van der Waals surface area contributed by atoms with Gasteiger partial charge in [-0.2, -0.15) is 4.98 Å². The number of nitrogens with zero attached hydrogens (tertiary/aromatic N) is 3. The molecule has 4 aromatic rings. The quantitative estimate of drug-likeness (QED) is 0.443. The van der Waals surface area contributed by atoms with E-state index in [0.717, 1.165) is 22.4 Å². The average molecular weight is 436 g/mol. The molecule has 1 amide bonds. The van der Waals surface area contributed by atoms with E-state index >= 15 is 0 Å². The number of carbonyl (C=O) groups is 1. The highest BCUT2D eigenvalue weighted by Crippen LogP contribution is 2.33. The fourth-order valence-corrected chi connectivity index (χ4v) is 3.91. The van der Waals surface area contributed by atoms with Gasteiger partial charge in [-0.25, -0.2) is 4.68 Å². The van der Waals surface area contributed by atoms with Gasteiger partial charge in [0.2, 0.25) is 5.95 Å². The van der Waals surface area contributed by atoms with Gasteiger partial charge in [0.05, 0.1) is 0 Å². The molecule has 3 aromatic carbocycles. The number of anilines is 2. The van der Waals surface area contributed by atoms with Gasteiger partial charge in [-0.3, -0.25) is 10.1 Å². The molecule has 2 N–H and O–H groups in total. The van der Waals surface area contributed by atoms with Crippen molar-refractivity contribution in [3.05, 3.63) is 112 Å². The number of hydrogen-bond donors (Lipinski definition) is 2. The predicted octanol–water partition coefficient (Wildman–Crippen LogP) is 5.51. The van der Waals surface area contributed by atoms with E-state index in [0.29, 0.717) is 11.5 Å². The van der Waals surface area contributed by atoms with Crippen LogP contribution in [0.2, 0.25) is 0 Å². The van der Waals surface area contributed by atoms with Gasteiger partial charge in [0.15, 0.2) is 0 Å². The Balaban J connectivity index is 1.51. The Morgan fingerprint density at radius 2 is 1.61 bits per heavy atom. The van der Waals surface area contributed by atoms with E-state index in [1.807, 2.05) is 29.8 Å². The SMILES string of the molecule is Cc1ccc(C2=CC(c3ccc(C)cc3)n3nc(NC(=O)c4cccc(C)c4)nc3N2)cc1. The molecule has 0 radical (unpaired) electrons. The summed E-state index contributed by atoms with van der Waals surface area (Å²) in [5, 5.41) is 10.9. The van der Waals surface area contributed by atoms with Crippen LogP contribution >= 0.6 is 0 Å². The van der Waals surface area contributed by atoms with Crippen LogP contribution in [0, 0.1) is 20.8 Å². The number of amides is 1. The first-order valence-electron chi connectivity index (χ1n) is 10.9. The van der Waals surface area contributed by atoms with Crippen LogP contribution in [0.1, 0.15) is 44.2 Å². The summed E-state index contributed by atoms with van der Waals surface area (Å²) in [7, 11) is 0. The maximum atomic E-state index is 12.8. The molecule has 0 aliphatic carbocycles. The van der Waals surface area contributed by atoms with Gasteiger partial charge >= 0.3 is 0 Å². The van der Waals surface area contributed by atoms with Crippen molar-refractivity contribution in [1.29, 1.82) is 0 Å². The van der Waals surface area contributed by atoms with Crippen molar-refractivity contribution in [2.75, 3.05) is 10.6 Å². The monoisotopic (exact) mass is 435 g/mol. The van der Waals surface area contributed by atoms with Crippen molar-refractivity contribution in [3.63, 3.8) is 0 Å². The third-order valence-electron chi connectivity index (χ3n) is 5.75. The molecule has 1 aromatic heterocycles. The zero-order valence-electron chi connectivity index (χ0n) is 18.8. The van der Waals surface area contributed by atoms with Crippen LogP contribution in [0.25, 0.3) is 5.70 Å². The second kappa shape index (κ2) is 8.39. The molecule has 164 valence electrons. The summed E-state index contributed by atoms with van der Waals surface area (Å²) in [6, 6.07) is 24.0. The number of fused-ring (bicyclic) bond motifs is 1. The summed E-state index contributed by atoms with van der Waals surface area (Å²) in [6.45, 7) is 6.10. The van der Waals surface area contributed by atoms with E-state index in [2.05, 4.69) is 89.2 Å². The minimum absolute atomic E-state index is 0.157. The summed E-state index contributed by atoms with van der Waals surface area (Å²) >= 11 is 0. The van der Waals surface area contributed by atoms with Gasteiger partial charge in [-0.05, 0) is 50.1 Å². The van der Waals surface area contributed by atoms with Crippen molar-refractivity contribution in [2.24, 2.45) is 0 Å². The van der Waals surface area contributed by atoms with Crippen LogP contribution in [0.15, 0.2) is 78.9 Å². The highest BCUT2D eigenvalue weighted by Gasteiger charge is 2.26. The van der Waals surface area contributed by atoms with E-state index in [4.69, 9.17) is 0 Å². The minimum atomic E-state index is -0.236. The Bertz CT molecular complexity index is 1350. The fraction of sp³-hybridized carbons (Fsp3) is 0.148. The van der Waals surface area contributed by atoms with Gasteiger partial charge in [-0.15, -0.1) is 5.10 Å². The molecule has 0 saturated heterocycles. The lowest BCUT2D eigenvalue weighted by molar-refractivity contribution is 0.102. The van der Waals surface area contributed by atoms with Crippen molar-refractivity contribution in [2.45, 2.75) is 26.8 Å². The van der Waals surface area contributed by atoms with E-state index < -0.39 is 0 Å². The van der Waals surface area contributed by atoms with Crippen molar-refractivity contribution >= 4 is 23.5 Å². The molecule has 2 heterocycles. The maximum absolute atomic E-state index is 12.8. The number of rotatable bonds is 4. The van der Waals surface area contributed by atoms with Crippen LogP contribution in [0.5, 0.6) is 0 Å². The highest BCUT2D eigenvalue weighted by molar-refractivity contribution is 6.03. The normalized spacial score (nSPS) is 14.8. The Morgan fingerprint density at radius 3 is 2.30 bits per heavy atom. The second-order valence-electron chi connectivity index (χ2n) is 8.45. The molecule has 0 fully saturated rings. The molecule has 1 aliphatic rings. The summed E-state index contributed by atoms with van der Waals surface area (Å²) in [5.74, 6) is 0.609. The van der Waals surface area contributed by atoms with Crippen LogP contribution < -0.4 is 10.6 Å². The van der Waals surface area contributed by atoms with E-state index in [1.165, 1.54) is 11.1 Å². The molecule has 0 spiro atoms. The van der Waals surface area contributed by atoms with Crippen LogP contribution in [-0.2, 0) is 0 Å². The Kier molecular flexibility index (Phi) is 5.26. The van der Waals surface area contributed by atoms with Gasteiger partial charge in [0.25, 0.3) is 11.9 Å². The summed E-state index contributed by atoms with van der Waals surface area (Å²) in [6.07, 6.45) is 2.14. The number of aryl methyl sites for hydroxylation is 3. The zero-order valence-corrected chi connectivity index (χ0v) is 18.8. The molecular weight excluding hydrogens is 410 g/mol. The average Bonchev–Trinajstić information content (AvgIpc) is 3.22. The third kappa shape index (κ3) is 4.28. The van der Waals surface area contributed by atoms with Crippen molar-refractivity contribution in [3.8, 4) is 0 Å². The predicted molar refractivity (Wildman–Crippen MR) is 131 cm³/mol. The van der Waals surface area contributed by atoms with E-state index in [9.17, 15) is 4.79 Å². The van der Waals surface area contributed by atoms with Gasteiger partial charge in [0, 0.05) is 11.3 Å². The number of benzene rings is 3. The number of carbonyl (C=O) groups excluding carboxylic acids is 1. The molecule has 6 heteroatoms. The molecule has 5 rings (SSSR count). The smallest absolute Gasteiger partial charge is 0.258 e. The molecule has 1 atom stereocenters. The third-order valence-corrected chi connectivity index (χ3v) is 5.75. The molecule has 0 bridgehead atoms. The standard InChI is InChI=1S/C27H25N5O/c1-17-7-11-20(12-8-17)23-16-24(21-13-9-18(2)10-14-21)32-27(28-23)30-26(31-32)29-25(33)22-6-4-5-19(3)15-22/h4-16,24H,1-3H3,(H2,28,29,30,31,33). The van der Waals surface area contributed by atoms with Crippen LogP contribution in [-0.4, -0.2) is 20.7 Å². The number of hydrogen-bond acceptors (Lipinski definition) is 4. The molecular formula is C27H25N5O. The first-order valence-corrected chi connectivity index (χ1v) is 10.9. The summed E-state index contributed by atoms with van der Waals surface area (Å²) < 4.78 is 1.81. The lowest BCUT2D eigenvalue weighted by Gasteiger charge is -2.24. The highest BCUT2D eigenvalue weighted by atomic mass is 16.1. The fourth-order valence-electron chi connectivity index (χ4n) is 3.91. The van der Waals surface area contributed by atoms with Gasteiger partial charge < -0.3 is 5.32 Å². The second-order valence-corrected chi connectivity index (χ2v) is 8.45. The lowest BCUT2D eigenvalue weighted by atomic mass is 10.0. The Morgan fingerprint density at radius 1 is 0.909 bits per heavy atom. The molecule has 0 saturated carbocycles. The van der Waals surface area contributed by atoms with Crippen LogP contribution in [0.3, 0.4) is 0 Å². The van der Waals surface area contributed by atoms with Crippen LogP contribution in [0.4, 0.5) is 11.9 Å². The number of nitrogens with one attached hydrogen (secondary N) is 2.